The summed E-state index contributed by atoms with van der Waals surface area (Å²) in [5.74, 6) is -0.540. The Balaban J connectivity index is 0.00000166. The van der Waals surface area contributed by atoms with Crippen molar-refractivity contribution in [1.82, 2.24) is 14.0 Å². The van der Waals surface area contributed by atoms with E-state index in [0.29, 0.717) is 16.9 Å². The molecule has 0 fully saturated rings. The number of nitrogens with one attached hydrogen (secondary N) is 1. The van der Waals surface area contributed by atoms with Gasteiger partial charge in [0.1, 0.15) is 6.33 Å². The first kappa shape index (κ1) is 29.4. The standard InChI is InChI=1S/C16H14ClFN3O6PS.C2H5.K/c1-27-14-7-2-10(8-13(14)18)15-16(17)19-9-21(15)11-3-5-12(6-4-11)29(25,26)20-28(22,23)24;1-2;/h2-9H,1H3,(H3,20,22,23,24);1H2,2H3;/q;-1;+1. The minimum absolute atomic E-state index is 0. The molecule has 168 valence electrons. The van der Waals surface area contributed by atoms with Gasteiger partial charge >= 0.3 is 59.1 Å². The minimum atomic E-state index is -5.00. The van der Waals surface area contributed by atoms with Gasteiger partial charge < -0.3 is 21.4 Å². The van der Waals surface area contributed by atoms with E-state index in [2.05, 4.69) is 11.9 Å². The number of halogens is 2. The molecule has 0 saturated carbocycles. The van der Waals surface area contributed by atoms with Gasteiger partial charge in [-0.25, -0.2) is 22.4 Å². The van der Waals surface area contributed by atoms with E-state index in [1.54, 1.807) is 13.0 Å². The molecule has 1 heterocycles. The zero-order valence-corrected chi connectivity index (χ0v) is 22.9. The molecular formula is C18H19ClFKN3O6PS. The smallest absolute Gasteiger partial charge is 0.494 e. The second-order valence-corrected chi connectivity index (χ2v) is 9.39. The molecule has 3 aromatic rings. The Kier molecular flexibility index (Phi) is 11.2. The molecule has 0 radical (unpaired) electrons. The van der Waals surface area contributed by atoms with E-state index in [-0.39, 0.29) is 67.2 Å². The summed E-state index contributed by atoms with van der Waals surface area (Å²) in [6.45, 7) is 5.00. The fraction of sp³-hybridized carbons (Fsp3) is 0.111. The van der Waals surface area contributed by atoms with Crippen molar-refractivity contribution < 1.29 is 83.3 Å². The van der Waals surface area contributed by atoms with Crippen molar-refractivity contribution in [3.05, 3.63) is 66.7 Å². The number of hydrogen-bond donors (Lipinski definition) is 3. The summed E-state index contributed by atoms with van der Waals surface area (Å²) in [5.41, 5.74) is 1.20. The van der Waals surface area contributed by atoms with Crippen molar-refractivity contribution in [1.29, 1.82) is 0 Å². The van der Waals surface area contributed by atoms with Gasteiger partial charge in [0.15, 0.2) is 16.7 Å². The monoisotopic (exact) mass is 529 g/mol. The van der Waals surface area contributed by atoms with Gasteiger partial charge in [-0.3, -0.25) is 4.57 Å². The Morgan fingerprint density at radius 2 is 1.78 bits per heavy atom. The van der Waals surface area contributed by atoms with Crippen LogP contribution in [0.15, 0.2) is 53.7 Å². The van der Waals surface area contributed by atoms with Crippen molar-refractivity contribution in [2.24, 2.45) is 0 Å². The number of rotatable bonds is 6. The van der Waals surface area contributed by atoms with Crippen LogP contribution < -0.4 is 60.6 Å². The summed E-state index contributed by atoms with van der Waals surface area (Å²) < 4.78 is 56.7. The molecule has 0 saturated heterocycles. The molecule has 32 heavy (non-hydrogen) atoms. The molecule has 3 rings (SSSR count). The van der Waals surface area contributed by atoms with E-state index in [4.69, 9.17) is 26.1 Å². The molecule has 14 heteroatoms. The quantitative estimate of drug-likeness (QED) is 0.241. The molecule has 0 unspecified atom stereocenters. The van der Waals surface area contributed by atoms with Crippen LogP contribution in [-0.2, 0) is 14.6 Å². The number of hydrogen-bond acceptors (Lipinski definition) is 5. The summed E-state index contributed by atoms with van der Waals surface area (Å²) >= 11 is 6.15. The number of aromatic nitrogens is 2. The molecule has 0 spiro atoms. The third-order valence-electron chi connectivity index (χ3n) is 3.81. The molecule has 0 atom stereocenters. The van der Waals surface area contributed by atoms with Gasteiger partial charge in [0.2, 0.25) is 10.0 Å². The number of benzene rings is 2. The molecule has 2 aromatic carbocycles. The van der Waals surface area contributed by atoms with Crippen LogP contribution in [-0.4, -0.2) is 34.9 Å². The zero-order valence-electron chi connectivity index (χ0n) is 17.4. The van der Waals surface area contributed by atoms with E-state index >= 15 is 0 Å². The Bertz CT molecular complexity index is 1220. The maximum atomic E-state index is 14.1. The van der Waals surface area contributed by atoms with Crippen LogP contribution in [0.1, 0.15) is 6.92 Å². The second kappa shape index (κ2) is 12.2. The summed E-state index contributed by atoms with van der Waals surface area (Å²) in [7, 11) is -8.07. The third kappa shape index (κ3) is 7.18. The van der Waals surface area contributed by atoms with Crippen LogP contribution in [0, 0.1) is 12.7 Å². The average Bonchev–Trinajstić information content (AvgIpc) is 3.09. The molecule has 0 amide bonds. The van der Waals surface area contributed by atoms with Crippen LogP contribution in [0.4, 0.5) is 4.39 Å². The Labute approximate surface area is 232 Å². The first-order valence-corrected chi connectivity index (χ1v) is 12.0. The fourth-order valence-electron chi connectivity index (χ4n) is 2.59. The summed E-state index contributed by atoms with van der Waals surface area (Å²) in [6.07, 6.45) is 1.37. The van der Waals surface area contributed by atoms with Crippen molar-refractivity contribution in [3.63, 3.8) is 0 Å². The normalized spacial score (nSPS) is 11.2. The van der Waals surface area contributed by atoms with E-state index in [1.807, 2.05) is 0 Å². The largest absolute Gasteiger partial charge is 1.00 e. The predicted molar refractivity (Wildman–Crippen MR) is 114 cm³/mol. The Morgan fingerprint density at radius 3 is 2.28 bits per heavy atom. The maximum absolute atomic E-state index is 14.1. The topological polar surface area (TPSA) is 131 Å². The molecule has 0 bridgehead atoms. The van der Waals surface area contributed by atoms with E-state index in [9.17, 15) is 17.4 Å². The summed E-state index contributed by atoms with van der Waals surface area (Å²) in [6, 6.07) is 9.32. The first-order chi connectivity index (χ1) is 14.5. The molecule has 1 aromatic heterocycles. The van der Waals surface area contributed by atoms with Crippen LogP contribution >= 0.6 is 19.3 Å². The molecule has 0 aliphatic heterocycles. The number of imidazole rings is 1. The van der Waals surface area contributed by atoms with Crippen LogP contribution in [0.5, 0.6) is 5.75 Å². The first-order valence-electron chi connectivity index (χ1n) is 8.49. The van der Waals surface area contributed by atoms with E-state index in [0.717, 1.165) is 12.1 Å². The van der Waals surface area contributed by atoms with E-state index < -0.39 is 23.6 Å². The summed E-state index contributed by atoms with van der Waals surface area (Å²) in [5, 5.41) is 0.0921. The third-order valence-corrected chi connectivity index (χ3v) is 6.89. The van der Waals surface area contributed by atoms with E-state index in [1.165, 1.54) is 46.8 Å². The van der Waals surface area contributed by atoms with Crippen molar-refractivity contribution in [2.45, 2.75) is 11.8 Å². The second-order valence-electron chi connectivity index (χ2n) is 5.74. The molecule has 3 N–H and O–H groups in total. The average molecular weight is 530 g/mol. The molecule has 0 aliphatic rings. The van der Waals surface area contributed by atoms with Gasteiger partial charge in [0.05, 0.1) is 17.7 Å². The van der Waals surface area contributed by atoms with Crippen molar-refractivity contribution in [3.8, 4) is 22.7 Å². The number of sulfonamides is 1. The number of nitrogens with zero attached hydrogens (tertiary/aromatic N) is 2. The molecular weight excluding hydrogens is 511 g/mol. The van der Waals surface area contributed by atoms with Crippen LogP contribution in [0.25, 0.3) is 16.9 Å². The Hall–Kier alpha value is -0.634. The number of methoxy groups -OCH3 is 1. The molecule has 0 aliphatic carbocycles. The minimum Gasteiger partial charge on any atom is -0.494 e. The van der Waals surface area contributed by atoms with Crippen LogP contribution in [0.2, 0.25) is 5.15 Å². The predicted octanol–water partition coefficient (Wildman–Crippen LogP) is 0.556. The Morgan fingerprint density at radius 1 is 1.19 bits per heavy atom. The SMILES string of the molecule is COc1ccc(-c2c(Cl)ncn2-c2ccc(S(=O)(=O)NP(=O)(O)O)cc2)cc1F.[CH2-]C.[K+]. The number of ether oxygens (including phenoxy) is 1. The van der Waals surface area contributed by atoms with Gasteiger partial charge in [-0.05, 0) is 42.5 Å². The fourth-order valence-corrected chi connectivity index (χ4v) is 5.00. The van der Waals surface area contributed by atoms with Crippen LogP contribution in [0.3, 0.4) is 0 Å². The van der Waals surface area contributed by atoms with Crippen molar-refractivity contribution >= 4 is 29.4 Å². The van der Waals surface area contributed by atoms with Gasteiger partial charge in [-0.15, -0.1) is 4.49 Å². The van der Waals surface area contributed by atoms with Gasteiger partial charge in [-0.1, -0.05) is 11.6 Å². The van der Waals surface area contributed by atoms with Crippen molar-refractivity contribution in [2.75, 3.05) is 7.11 Å². The summed E-state index contributed by atoms with van der Waals surface area (Å²) in [4.78, 5) is 21.3. The zero-order chi connectivity index (χ0) is 23.4. The molecule has 9 nitrogen and oxygen atoms in total. The van der Waals surface area contributed by atoms with Gasteiger partial charge in [0.25, 0.3) is 0 Å². The maximum Gasteiger partial charge on any atom is 1.00 e. The van der Waals surface area contributed by atoms with Gasteiger partial charge in [0, 0.05) is 11.3 Å². The van der Waals surface area contributed by atoms with Gasteiger partial charge in [-0.2, -0.15) is 6.92 Å².